The smallest absolute Gasteiger partial charge is 0.262 e. The Balaban J connectivity index is 1.70. The number of amides is 2. The first-order chi connectivity index (χ1) is 15.6. The number of aryl methyl sites for hydroxylation is 3. The van der Waals surface area contributed by atoms with Crippen LogP contribution in [0.5, 0.6) is 0 Å². The van der Waals surface area contributed by atoms with Crippen LogP contribution in [0.1, 0.15) is 53.2 Å². The third-order valence-corrected chi connectivity index (χ3v) is 7.62. The summed E-state index contributed by atoms with van der Waals surface area (Å²) in [4.78, 5) is 27.2. The lowest BCUT2D eigenvalue weighted by atomic mass is 9.95. The second-order valence-electron chi connectivity index (χ2n) is 8.77. The van der Waals surface area contributed by atoms with E-state index < -0.39 is 10.0 Å². The fraction of sp³-hybridized carbons (Fsp3) is 0.440. The molecule has 2 amide bonds. The first-order valence-electron chi connectivity index (χ1n) is 11.4. The van der Waals surface area contributed by atoms with Crippen LogP contribution in [0.3, 0.4) is 0 Å². The zero-order chi connectivity index (χ0) is 24.2. The van der Waals surface area contributed by atoms with Crippen LogP contribution < -0.4 is 10.0 Å². The van der Waals surface area contributed by atoms with Crippen LogP contribution in [0.15, 0.2) is 41.3 Å². The molecule has 1 heterocycles. The van der Waals surface area contributed by atoms with E-state index in [1.807, 2.05) is 26.0 Å². The fourth-order valence-corrected chi connectivity index (χ4v) is 5.94. The molecule has 0 atom stereocenters. The highest BCUT2D eigenvalue weighted by molar-refractivity contribution is 7.92. The Kier molecular flexibility index (Phi) is 7.79. The Morgan fingerprint density at radius 3 is 2.27 bits per heavy atom. The van der Waals surface area contributed by atoms with E-state index in [1.54, 1.807) is 43.0 Å². The number of likely N-dealkylation sites (tertiary alicyclic amines) is 1. The minimum absolute atomic E-state index is 0.0574. The molecule has 178 valence electrons. The van der Waals surface area contributed by atoms with Crippen molar-refractivity contribution in [1.82, 2.24) is 10.2 Å². The van der Waals surface area contributed by atoms with Crippen molar-refractivity contribution in [3.05, 3.63) is 58.7 Å². The van der Waals surface area contributed by atoms with E-state index in [0.717, 1.165) is 12.0 Å². The largest absolute Gasteiger partial charge is 0.356 e. The highest BCUT2D eigenvalue weighted by Crippen LogP contribution is 2.25. The number of hydrogen-bond donors (Lipinski definition) is 2. The maximum Gasteiger partial charge on any atom is 0.262 e. The summed E-state index contributed by atoms with van der Waals surface area (Å²) in [6.45, 7) is 9.17. The van der Waals surface area contributed by atoms with Crippen molar-refractivity contribution in [2.75, 3.05) is 24.4 Å². The molecule has 2 aromatic carbocycles. The van der Waals surface area contributed by atoms with Crippen molar-refractivity contribution in [3.63, 3.8) is 0 Å². The van der Waals surface area contributed by atoms with Gasteiger partial charge in [0.2, 0.25) is 5.91 Å². The predicted molar refractivity (Wildman–Crippen MR) is 130 cm³/mol. The number of benzene rings is 2. The Morgan fingerprint density at radius 2 is 1.67 bits per heavy atom. The van der Waals surface area contributed by atoms with Gasteiger partial charge >= 0.3 is 0 Å². The lowest BCUT2D eigenvalue weighted by Gasteiger charge is -2.31. The molecule has 0 aliphatic carbocycles. The van der Waals surface area contributed by atoms with Gasteiger partial charge in [0, 0.05) is 36.8 Å². The molecule has 33 heavy (non-hydrogen) atoms. The van der Waals surface area contributed by atoms with Crippen LogP contribution in [0, 0.1) is 26.7 Å². The number of nitrogens with one attached hydrogen (secondary N) is 2. The highest BCUT2D eigenvalue weighted by Gasteiger charge is 2.28. The molecule has 0 bridgehead atoms. The summed E-state index contributed by atoms with van der Waals surface area (Å²) in [6, 6.07) is 10.2. The average molecular weight is 472 g/mol. The van der Waals surface area contributed by atoms with Crippen molar-refractivity contribution in [3.8, 4) is 0 Å². The van der Waals surface area contributed by atoms with E-state index in [-0.39, 0.29) is 22.6 Å². The molecular formula is C25H33N3O4S. The number of nitrogens with zero attached hydrogens (tertiary/aromatic N) is 1. The second kappa shape index (κ2) is 10.4. The monoisotopic (exact) mass is 471 g/mol. The van der Waals surface area contributed by atoms with Crippen molar-refractivity contribution < 1.29 is 18.0 Å². The Labute approximate surface area is 196 Å². The van der Waals surface area contributed by atoms with Gasteiger partial charge in [-0.05, 0) is 69.4 Å². The van der Waals surface area contributed by atoms with Crippen molar-refractivity contribution in [1.29, 1.82) is 0 Å². The topological polar surface area (TPSA) is 95.6 Å². The number of sulfonamides is 1. The molecule has 0 radical (unpaired) electrons. The molecule has 1 aliphatic heterocycles. The summed E-state index contributed by atoms with van der Waals surface area (Å²) in [5.74, 6) is -0.173. The first-order valence-corrected chi connectivity index (χ1v) is 12.9. The van der Waals surface area contributed by atoms with Crippen LogP contribution in [-0.2, 0) is 14.8 Å². The molecule has 7 nitrogen and oxygen atoms in total. The minimum Gasteiger partial charge on any atom is -0.356 e. The molecule has 0 unspecified atom stereocenters. The van der Waals surface area contributed by atoms with Crippen LogP contribution in [0.4, 0.5) is 5.69 Å². The van der Waals surface area contributed by atoms with Gasteiger partial charge in [0.15, 0.2) is 0 Å². The van der Waals surface area contributed by atoms with Crippen molar-refractivity contribution in [2.24, 2.45) is 5.92 Å². The van der Waals surface area contributed by atoms with E-state index in [0.29, 0.717) is 54.9 Å². The Hall–Kier alpha value is -2.87. The number of rotatable bonds is 7. The summed E-state index contributed by atoms with van der Waals surface area (Å²) >= 11 is 0. The third-order valence-electron chi connectivity index (χ3n) is 5.94. The molecule has 3 rings (SSSR count). The quantitative estimate of drug-likeness (QED) is 0.642. The number of carbonyl (C=O) groups is 2. The minimum atomic E-state index is -3.80. The van der Waals surface area contributed by atoms with E-state index in [9.17, 15) is 18.0 Å². The van der Waals surface area contributed by atoms with Gasteiger partial charge < -0.3 is 10.2 Å². The highest BCUT2D eigenvalue weighted by atomic mass is 32.2. The molecule has 8 heteroatoms. The maximum absolute atomic E-state index is 13.1. The molecule has 1 fully saturated rings. The third kappa shape index (κ3) is 5.93. The standard InChI is InChI=1S/C25H33N3O4S/c1-5-11-26-24(29)20-9-12-28(13-10-20)25(30)21-7-6-8-22(16-21)27-33(31,32)23-18(3)14-17(2)15-19(23)4/h6-8,14-16,20,27H,5,9-13H2,1-4H3,(H,26,29). The van der Waals surface area contributed by atoms with Gasteiger partial charge in [-0.2, -0.15) is 0 Å². The fourth-order valence-electron chi connectivity index (χ4n) is 4.43. The molecule has 2 N–H and O–H groups in total. The lowest BCUT2D eigenvalue weighted by Crippen LogP contribution is -2.43. The van der Waals surface area contributed by atoms with Crippen LogP contribution in [0.25, 0.3) is 0 Å². The molecule has 0 spiro atoms. The van der Waals surface area contributed by atoms with Gasteiger partial charge in [0.25, 0.3) is 15.9 Å². The lowest BCUT2D eigenvalue weighted by molar-refractivity contribution is -0.126. The average Bonchev–Trinajstić information content (AvgIpc) is 2.76. The number of carbonyl (C=O) groups excluding carboxylic acids is 2. The summed E-state index contributed by atoms with van der Waals surface area (Å²) in [6.07, 6.45) is 2.14. The SMILES string of the molecule is CCCNC(=O)C1CCN(C(=O)c2cccc(NS(=O)(=O)c3c(C)cc(C)cc3C)c2)CC1. The van der Waals surface area contributed by atoms with Gasteiger partial charge in [0.05, 0.1) is 4.90 Å². The molecule has 0 saturated carbocycles. The Morgan fingerprint density at radius 1 is 1.03 bits per heavy atom. The van der Waals surface area contributed by atoms with E-state index >= 15 is 0 Å². The summed E-state index contributed by atoms with van der Waals surface area (Å²) in [5, 5.41) is 2.92. The van der Waals surface area contributed by atoms with E-state index in [4.69, 9.17) is 0 Å². The Bertz CT molecular complexity index is 1110. The van der Waals surface area contributed by atoms with Gasteiger partial charge in [0.1, 0.15) is 0 Å². The van der Waals surface area contributed by atoms with E-state index in [1.165, 1.54) is 0 Å². The van der Waals surface area contributed by atoms with Crippen LogP contribution in [0.2, 0.25) is 0 Å². The molecule has 0 aromatic heterocycles. The summed E-state index contributed by atoms with van der Waals surface area (Å²) in [7, 11) is -3.80. The van der Waals surface area contributed by atoms with E-state index in [2.05, 4.69) is 10.0 Å². The van der Waals surface area contributed by atoms with Gasteiger partial charge in [-0.15, -0.1) is 0 Å². The van der Waals surface area contributed by atoms with Crippen molar-refractivity contribution >= 4 is 27.5 Å². The molecule has 1 aliphatic rings. The van der Waals surface area contributed by atoms with Gasteiger partial charge in [-0.3, -0.25) is 14.3 Å². The maximum atomic E-state index is 13.1. The summed E-state index contributed by atoms with van der Waals surface area (Å²) < 4.78 is 28.8. The molecule has 2 aromatic rings. The number of hydrogen-bond acceptors (Lipinski definition) is 4. The molecule has 1 saturated heterocycles. The zero-order valence-electron chi connectivity index (χ0n) is 19.8. The zero-order valence-corrected chi connectivity index (χ0v) is 20.6. The van der Waals surface area contributed by atoms with Crippen LogP contribution >= 0.6 is 0 Å². The molecular weight excluding hydrogens is 438 g/mol. The summed E-state index contributed by atoms with van der Waals surface area (Å²) in [5.41, 5.74) is 3.12. The number of anilines is 1. The second-order valence-corrected chi connectivity index (χ2v) is 10.4. The van der Waals surface area contributed by atoms with Crippen LogP contribution in [-0.4, -0.2) is 44.8 Å². The van der Waals surface area contributed by atoms with Gasteiger partial charge in [-0.1, -0.05) is 30.7 Å². The predicted octanol–water partition coefficient (Wildman–Crippen LogP) is 3.79. The van der Waals surface area contributed by atoms with Crippen molar-refractivity contribution in [2.45, 2.75) is 51.9 Å². The first kappa shape index (κ1) is 24.8. The normalized spacial score (nSPS) is 14.7. The number of piperidine rings is 1. The van der Waals surface area contributed by atoms with Gasteiger partial charge in [-0.25, -0.2) is 8.42 Å².